The number of carbonyl (C=O) groups is 1. The Labute approximate surface area is 205 Å². The molecular formula is C26H29N5O3S. The van der Waals surface area contributed by atoms with Crippen molar-refractivity contribution in [1.82, 2.24) is 18.8 Å². The van der Waals surface area contributed by atoms with Crippen LogP contribution in [-0.4, -0.2) is 46.3 Å². The van der Waals surface area contributed by atoms with Crippen LogP contribution in [0.25, 0.3) is 21.9 Å². The lowest BCUT2D eigenvalue weighted by Crippen LogP contribution is -2.35. The first-order valence-electron chi connectivity index (χ1n) is 11.9. The Morgan fingerprint density at radius 3 is 2.63 bits per heavy atom. The van der Waals surface area contributed by atoms with Crippen LogP contribution < -0.4 is 5.32 Å². The van der Waals surface area contributed by atoms with E-state index in [1.807, 2.05) is 48.9 Å². The molecule has 9 heteroatoms. The molecule has 182 valence electrons. The number of aryl methyl sites for hydroxylation is 3. The summed E-state index contributed by atoms with van der Waals surface area (Å²) >= 11 is 0. The zero-order valence-electron chi connectivity index (χ0n) is 20.0. The highest BCUT2D eigenvalue weighted by atomic mass is 32.2. The molecule has 2 aromatic heterocycles. The molecule has 0 aliphatic carbocycles. The number of hydrogen-bond donors (Lipinski definition) is 1. The molecule has 1 aliphatic rings. The van der Waals surface area contributed by atoms with E-state index in [2.05, 4.69) is 15.3 Å². The highest BCUT2D eigenvalue weighted by Gasteiger charge is 2.26. The van der Waals surface area contributed by atoms with Crippen LogP contribution in [0.3, 0.4) is 0 Å². The number of sulfonamides is 1. The van der Waals surface area contributed by atoms with Crippen molar-refractivity contribution >= 4 is 43.6 Å². The predicted molar refractivity (Wildman–Crippen MR) is 137 cm³/mol. The standard InChI is InChI=1S/C26H29N5O3S/c1-18-9-10-19-7-6-8-21(26(19)27-18)29-25(32)14-13-24-28-22-17-20(11-12-23(22)30(24)2)35(33,34)31-15-4-3-5-16-31/h6-12,17H,3-5,13-16H2,1-2H3,(H,29,32). The molecule has 0 saturated carbocycles. The second kappa shape index (κ2) is 9.39. The number of piperidine rings is 1. The summed E-state index contributed by atoms with van der Waals surface area (Å²) in [6.07, 6.45) is 3.54. The molecule has 35 heavy (non-hydrogen) atoms. The van der Waals surface area contributed by atoms with E-state index in [0.29, 0.717) is 30.7 Å². The minimum Gasteiger partial charge on any atom is -0.331 e. The molecule has 0 radical (unpaired) electrons. The zero-order chi connectivity index (χ0) is 24.6. The number of nitrogens with one attached hydrogen (secondary N) is 1. The van der Waals surface area contributed by atoms with Crippen LogP contribution in [0.4, 0.5) is 5.69 Å². The fourth-order valence-corrected chi connectivity index (χ4v) is 6.19. The molecule has 0 atom stereocenters. The Hall–Kier alpha value is -3.30. The molecule has 2 aromatic carbocycles. The maximum atomic E-state index is 13.1. The van der Waals surface area contributed by atoms with Gasteiger partial charge in [0, 0.05) is 44.1 Å². The third-order valence-corrected chi connectivity index (χ3v) is 8.50. The van der Waals surface area contributed by atoms with E-state index in [4.69, 9.17) is 0 Å². The minimum absolute atomic E-state index is 0.124. The van der Waals surface area contributed by atoms with Crippen molar-refractivity contribution in [2.45, 2.75) is 43.9 Å². The highest BCUT2D eigenvalue weighted by Crippen LogP contribution is 2.25. The molecule has 1 N–H and O–H groups in total. The Balaban J connectivity index is 1.32. The van der Waals surface area contributed by atoms with Gasteiger partial charge >= 0.3 is 0 Å². The summed E-state index contributed by atoms with van der Waals surface area (Å²) in [4.78, 5) is 22.2. The van der Waals surface area contributed by atoms with Crippen molar-refractivity contribution in [2.24, 2.45) is 7.05 Å². The molecule has 1 aliphatic heterocycles. The lowest BCUT2D eigenvalue weighted by atomic mass is 10.1. The highest BCUT2D eigenvalue weighted by molar-refractivity contribution is 7.89. The predicted octanol–water partition coefficient (Wildman–Crippen LogP) is 4.18. The van der Waals surface area contributed by atoms with Gasteiger partial charge in [-0.25, -0.2) is 13.4 Å². The van der Waals surface area contributed by atoms with Gasteiger partial charge in [-0.05, 0) is 50.1 Å². The number of fused-ring (bicyclic) bond motifs is 2. The van der Waals surface area contributed by atoms with Crippen LogP contribution >= 0.6 is 0 Å². The molecule has 4 aromatic rings. The molecule has 1 fully saturated rings. The first kappa shape index (κ1) is 23.4. The number of anilines is 1. The minimum atomic E-state index is -3.52. The van der Waals surface area contributed by atoms with Crippen LogP contribution in [0, 0.1) is 6.92 Å². The maximum Gasteiger partial charge on any atom is 0.243 e. The number of para-hydroxylation sites is 1. The van der Waals surface area contributed by atoms with Crippen molar-refractivity contribution in [3.8, 4) is 0 Å². The molecule has 8 nitrogen and oxygen atoms in total. The van der Waals surface area contributed by atoms with Crippen molar-refractivity contribution in [1.29, 1.82) is 0 Å². The number of amides is 1. The van der Waals surface area contributed by atoms with Gasteiger partial charge in [0.05, 0.1) is 27.1 Å². The summed E-state index contributed by atoms with van der Waals surface area (Å²) in [5, 5.41) is 3.95. The quantitative estimate of drug-likeness (QED) is 0.437. The number of carbonyl (C=O) groups excluding carboxylic acids is 1. The first-order valence-corrected chi connectivity index (χ1v) is 13.4. The largest absolute Gasteiger partial charge is 0.331 e. The second-order valence-electron chi connectivity index (χ2n) is 9.08. The summed E-state index contributed by atoms with van der Waals surface area (Å²) in [6.45, 7) is 3.05. The van der Waals surface area contributed by atoms with Crippen LogP contribution in [0.1, 0.15) is 37.2 Å². The van der Waals surface area contributed by atoms with Crippen molar-refractivity contribution < 1.29 is 13.2 Å². The van der Waals surface area contributed by atoms with Gasteiger partial charge in [-0.15, -0.1) is 0 Å². The van der Waals surface area contributed by atoms with E-state index in [1.165, 1.54) is 0 Å². The molecule has 1 saturated heterocycles. The van der Waals surface area contributed by atoms with Gasteiger partial charge in [-0.3, -0.25) is 9.78 Å². The van der Waals surface area contributed by atoms with E-state index in [-0.39, 0.29) is 17.2 Å². The second-order valence-corrected chi connectivity index (χ2v) is 11.0. The van der Waals surface area contributed by atoms with Crippen molar-refractivity contribution in [2.75, 3.05) is 18.4 Å². The number of benzene rings is 2. The van der Waals surface area contributed by atoms with E-state index < -0.39 is 10.0 Å². The topological polar surface area (TPSA) is 97.2 Å². The number of rotatable bonds is 6. The van der Waals surface area contributed by atoms with Crippen LogP contribution in [-0.2, 0) is 28.3 Å². The average molecular weight is 492 g/mol. The number of aromatic nitrogens is 3. The Morgan fingerprint density at radius 2 is 1.83 bits per heavy atom. The summed E-state index contributed by atoms with van der Waals surface area (Å²) < 4.78 is 29.6. The Bertz CT molecular complexity index is 1520. The van der Waals surface area contributed by atoms with Gasteiger partial charge in [0.25, 0.3) is 0 Å². The summed E-state index contributed by atoms with van der Waals surface area (Å²) in [5.41, 5.74) is 3.81. The Kier molecular flexibility index (Phi) is 6.29. The third kappa shape index (κ3) is 4.66. The lowest BCUT2D eigenvalue weighted by molar-refractivity contribution is -0.116. The van der Waals surface area contributed by atoms with E-state index in [9.17, 15) is 13.2 Å². The summed E-state index contributed by atoms with van der Waals surface area (Å²) in [6, 6.07) is 14.8. The molecule has 1 amide bonds. The molecule has 3 heterocycles. The summed E-state index contributed by atoms with van der Waals surface area (Å²) in [7, 11) is -1.64. The lowest BCUT2D eigenvalue weighted by Gasteiger charge is -2.25. The molecular weight excluding hydrogens is 462 g/mol. The first-order chi connectivity index (χ1) is 16.8. The molecule has 5 rings (SSSR count). The van der Waals surface area contributed by atoms with E-state index in [1.54, 1.807) is 22.5 Å². The fraction of sp³-hybridized carbons (Fsp3) is 0.346. The van der Waals surface area contributed by atoms with Gasteiger partial charge in [-0.2, -0.15) is 4.31 Å². The van der Waals surface area contributed by atoms with Gasteiger partial charge in [0.1, 0.15) is 5.82 Å². The molecule has 0 spiro atoms. The van der Waals surface area contributed by atoms with Gasteiger partial charge in [0.15, 0.2) is 0 Å². The average Bonchev–Trinajstić information content (AvgIpc) is 3.18. The summed E-state index contributed by atoms with van der Waals surface area (Å²) in [5.74, 6) is 0.607. The normalized spacial score (nSPS) is 15.0. The fourth-order valence-electron chi connectivity index (χ4n) is 4.65. The maximum absolute atomic E-state index is 13.1. The van der Waals surface area contributed by atoms with Crippen molar-refractivity contribution in [3.05, 3.63) is 60.0 Å². The van der Waals surface area contributed by atoms with Crippen LogP contribution in [0.2, 0.25) is 0 Å². The van der Waals surface area contributed by atoms with Crippen molar-refractivity contribution in [3.63, 3.8) is 0 Å². The Morgan fingerprint density at radius 1 is 1.03 bits per heavy atom. The number of hydrogen-bond acceptors (Lipinski definition) is 5. The number of imidazole rings is 1. The smallest absolute Gasteiger partial charge is 0.243 e. The number of nitrogens with zero attached hydrogens (tertiary/aromatic N) is 4. The van der Waals surface area contributed by atoms with E-state index in [0.717, 1.165) is 47.2 Å². The van der Waals surface area contributed by atoms with Gasteiger partial charge in [-0.1, -0.05) is 24.6 Å². The van der Waals surface area contributed by atoms with Crippen LogP contribution in [0.15, 0.2) is 53.4 Å². The zero-order valence-corrected chi connectivity index (χ0v) is 20.8. The third-order valence-electron chi connectivity index (χ3n) is 6.61. The van der Waals surface area contributed by atoms with Gasteiger partial charge in [0.2, 0.25) is 15.9 Å². The van der Waals surface area contributed by atoms with E-state index >= 15 is 0 Å². The van der Waals surface area contributed by atoms with Crippen LogP contribution in [0.5, 0.6) is 0 Å². The molecule has 0 bridgehead atoms. The number of pyridine rings is 1. The molecule has 0 unspecified atom stereocenters. The van der Waals surface area contributed by atoms with Gasteiger partial charge < -0.3 is 9.88 Å². The monoisotopic (exact) mass is 491 g/mol. The SMILES string of the molecule is Cc1ccc2cccc(NC(=O)CCc3nc4cc(S(=O)(=O)N5CCCCC5)ccc4n3C)c2n1.